The molecule has 130 valence electrons. The molecule has 3 fully saturated rings. The Morgan fingerprint density at radius 2 is 1.50 bits per heavy atom. The van der Waals surface area contributed by atoms with Crippen molar-refractivity contribution in [1.29, 1.82) is 0 Å². The first kappa shape index (κ1) is 18.4. The minimum absolute atomic E-state index is 0.519. The van der Waals surface area contributed by atoms with Gasteiger partial charge in [0.05, 0.1) is 12.2 Å². The van der Waals surface area contributed by atoms with E-state index in [9.17, 15) is 0 Å². The first-order chi connectivity index (χ1) is 10.7. The van der Waals surface area contributed by atoms with Crippen molar-refractivity contribution in [2.75, 3.05) is 20.8 Å². The zero-order chi connectivity index (χ0) is 15.8. The van der Waals surface area contributed by atoms with Crippen molar-refractivity contribution in [2.45, 2.75) is 83.0 Å². The van der Waals surface area contributed by atoms with Crippen LogP contribution in [0.3, 0.4) is 0 Å². The summed E-state index contributed by atoms with van der Waals surface area (Å²) in [5.41, 5.74) is 0. The van der Waals surface area contributed by atoms with E-state index in [-0.39, 0.29) is 0 Å². The molecule has 0 radical (unpaired) electrons. The van der Waals surface area contributed by atoms with Crippen LogP contribution in [0.2, 0.25) is 6.04 Å². The Balaban J connectivity index is 0.000000246. The first-order valence-electron chi connectivity index (χ1n) is 9.12. The van der Waals surface area contributed by atoms with Crippen molar-refractivity contribution in [3.8, 4) is 0 Å². The van der Waals surface area contributed by atoms with E-state index in [2.05, 4.69) is 6.92 Å². The quantitative estimate of drug-likeness (QED) is 0.541. The molecule has 0 aromatic heterocycles. The molecule has 1 saturated heterocycles. The average Bonchev–Trinajstić information content (AvgIpc) is 3.37. The molecule has 3 aliphatic rings. The summed E-state index contributed by atoms with van der Waals surface area (Å²) in [7, 11) is 1.01. The van der Waals surface area contributed by atoms with Crippen LogP contribution >= 0.6 is 0 Å². The van der Waals surface area contributed by atoms with Gasteiger partial charge in [-0.2, -0.15) is 0 Å². The number of rotatable bonds is 6. The lowest BCUT2D eigenvalue weighted by Gasteiger charge is -2.28. The van der Waals surface area contributed by atoms with Crippen LogP contribution in [0, 0.1) is 5.92 Å². The maximum atomic E-state index is 5.92. The lowest BCUT2D eigenvalue weighted by atomic mass is 9.90. The molecule has 2 saturated carbocycles. The predicted octanol–water partition coefficient (Wildman–Crippen LogP) is 4.16. The molecule has 3 unspecified atom stereocenters. The van der Waals surface area contributed by atoms with Gasteiger partial charge in [-0.3, -0.25) is 0 Å². The van der Waals surface area contributed by atoms with Gasteiger partial charge in [-0.1, -0.05) is 45.4 Å². The SMILES string of the molecule is C1CCCCC1.CC[Si](OC)(OC)OCC1CCC2OC2C1. The normalized spacial score (nSPS) is 31.0. The van der Waals surface area contributed by atoms with Crippen LogP contribution in [-0.2, 0) is 18.0 Å². The van der Waals surface area contributed by atoms with E-state index >= 15 is 0 Å². The third-order valence-electron chi connectivity index (χ3n) is 5.21. The maximum Gasteiger partial charge on any atom is 0.500 e. The molecule has 1 aliphatic heterocycles. The highest BCUT2D eigenvalue weighted by atomic mass is 28.4. The predicted molar refractivity (Wildman–Crippen MR) is 89.9 cm³/mol. The van der Waals surface area contributed by atoms with Crippen molar-refractivity contribution >= 4 is 8.80 Å². The topological polar surface area (TPSA) is 40.2 Å². The van der Waals surface area contributed by atoms with Crippen molar-refractivity contribution in [3.05, 3.63) is 0 Å². The van der Waals surface area contributed by atoms with E-state index in [1.54, 1.807) is 14.2 Å². The Hall–Kier alpha value is 0.0569. The van der Waals surface area contributed by atoms with Crippen LogP contribution < -0.4 is 0 Å². The number of fused-ring (bicyclic) bond motifs is 1. The second kappa shape index (κ2) is 9.38. The Kier molecular flexibility index (Phi) is 7.84. The highest BCUT2D eigenvalue weighted by Gasteiger charge is 2.45. The zero-order valence-electron chi connectivity index (χ0n) is 14.6. The van der Waals surface area contributed by atoms with Gasteiger partial charge < -0.3 is 18.0 Å². The Bertz CT molecular complexity index is 285. The fraction of sp³-hybridized carbons (Fsp3) is 1.00. The molecule has 3 rings (SSSR count). The van der Waals surface area contributed by atoms with Gasteiger partial charge >= 0.3 is 8.80 Å². The second-order valence-corrected chi connectivity index (χ2v) is 9.95. The minimum atomic E-state index is -2.35. The summed E-state index contributed by atoms with van der Waals surface area (Å²) in [5.74, 6) is 0.618. The van der Waals surface area contributed by atoms with Gasteiger partial charge in [0.25, 0.3) is 0 Å². The van der Waals surface area contributed by atoms with E-state index in [1.165, 1.54) is 51.4 Å². The molecule has 0 N–H and O–H groups in total. The summed E-state index contributed by atoms with van der Waals surface area (Å²) in [6.45, 7) is 2.81. The number of hydrogen-bond donors (Lipinski definition) is 0. The molecule has 1 heterocycles. The summed E-state index contributed by atoms with van der Waals surface area (Å²) in [5, 5.41) is 0. The zero-order valence-corrected chi connectivity index (χ0v) is 15.6. The third-order valence-corrected chi connectivity index (χ3v) is 7.92. The fourth-order valence-electron chi connectivity index (χ4n) is 3.54. The number of epoxide rings is 1. The van der Waals surface area contributed by atoms with E-state index < -0.39 is 8.80 Å². The summed E-state index contributed by atoms with van der Waals surface area (Å²) >= 11 is 0. The van der Waals surface area contributed by atoms with Crippen LogP contribution in [0.4, 0.5) is 0 Å². The van der Waals surface area contributed by atoms with Gasteiger partial charge in [0, 0.05) is 26.9 Å². The molecule has 4 nitrogen and oxygen atoms in total. The number of ether oxygens (including phenoxy) is 1. The third kappa shape index (κ3) is 5.60. The van der Waals surface area contributed by atoms with E-state index in [0.29, 0.717) is 18.1 Å². The van der Waals surface area contributed by atoms with Crippen LogP contribution in [0.5, 0.6) is 0 Å². The largest absolute Gasteiger partial charge is 0.500 e. The minimum Gasteiger partial charge on any atom is -0.377 e. The molecular formula is C17H34O4Si. The van der Waals surface area contributed by atoms with Crippen molar-refractivity contribution in [1.82, 2.24) is 0 Å². The van der Waals surface area contributed by atoms with Crippen molar-refractivity contribution in [2.24, 2.45) is 5.92 Å². The molecule has 0 amide bonds. The molecule has 0 spiro atoms. The average molecular weight is 331 g/mol. The maximum absolute atomic E-state index is 5.92. The standard InChI is InChI=1S/C11H22O4Si.C6H12/c1-4-16(12-2,13-3)14-8-9-5-6-10-11(7-9)15-10;1-2-4-6-5-3-1/h9-11H,4-8H2,1-3H3;1-6H2. The van der Waals surface area contributed by atoms with E-state index in [0.717, 1.165) is 19.1 Å². The van der Waals surface area contributed by atoms with Crippen molar-refractivity contribution < 1.29 is 18.0 Å². The molecule has 0 aromatic rings. The van der Waals surface area contributed by atoms with Crippen LogP contribution in [-0.4, -0.2) is 41.8 Å². The Labute approximate surface area is 137 Å². The molecule has 22 heavy (non-hydrogen) atoms. The van der Waals surface area contributed by atoms with Gasteiger partial charge in [0.2, 0.25) is 0 Å². The van der Waals surface area contributed by atoms with Crippen LogP contribution in [0.25, 0.3) is 0 Å². The number of hydrogen-bond acceptors (Lipinski definition) is 4. The lowest BCUT2D eigenvalue weighted by Crippen LogP contribution is -2.44. The fourth-order valence-corrected chi connectivity index (χ4v) is 5.21. The molecular weight excluding hydrogens is 296 g/mol. The van der Waals surface area contributed by atoms with E-state index in [1.807, 2.05) is 0 Å². The monoisotopic (exact) mass is 330 g/mol. The molecule has 0 aromatic carbocycles. The van der Waals surface area contributed by atoms with Gasteiger partial charge in [0.15, 0.2) is 0 Å². The second-order valence-electron chi connectivity index (χ2n) is 6.77. The van der Waals surface area contributed by atoms with Crippen molar-refractivity contribution in [3.63, 3.8) is 0 Å². The van der Waals surface area contributed by atoms with Crippen LogP contribution in [0.15, 0.2) is 0 Å². The molecule has 2 aliphatic carbocycles. The molecule has 0 bridgehead atoms. The summed E-state index contributed by atoms with van der Waals surface area (Å²) < 4.78 is 22.3. The van der Waals surface area contributed by atoms with Gasteiger partial charge in [-0.25, -0.2) is 0 Å². The molecule has 3 atom stereocenters. The lowest BCUT2D eigenvalue weighted by molar-refractivity contribution is 0.0770. The molecule has 5 heteroatoms. The van der Waals surface area contributed by atoms with Crippen LogP contribution in [0.1, 0.15) is 64.7 Å². The van der Waals surface area contributed by atoms with Gasteiger partial charge in [0.1, 0.15) is 0 Å². The summed E-state index contributed by atoms with van der Waals surface area (Å²) in [4.78, 5) is 0. The van der Waals surface area contributed by atoms with Gasteiger partial charge in [-0.05, 0) is 25.2 Å². The highest BCUT2D eigenvalue weighted by Crippen LogP contribution is 2.39. The smallest absolute Gasteiger partial charge is 0.377 e. The summed E-state index contributed by atoms with van der Waals surface area (Å²) in [6.07, 6.45) is 13.6. The van der Waals surface area contributed by atoms with Gasteiger partial charge in [-0.15, -0.1) is 0 Å². The van der Waals surface area contributed by atoms with E-state index in [4.69, 9.17) is 18.0 Å². The summed E-state index contributed by atoms with van der Waals surface area (Å²) in [6, 6.07) is 0.829. The highest BCUT2D eigenvalue weighted by molar-refractivity contribution is 6.60. The first-order valence-corrected chi connectivity index (χ1v) is 11.1. The Morgan fingerprint density at radius 1 is 0.909 bits per heavy atom. The Morgan fingerprint density at radius 3 is 1.95 bits per heavy atom.